The number of hydrogen-bond acceptors (Lipinski definition) is 5. The van der Waals surface area contributed by atoms with E-state index in [-0.39, 0.29) is 12.1 Å². The van der Waals surface area contributed by atoms with E-state index in [2.05, 4.69) is 15.3 Å². The van der Waals surface area contributed by atoms with Crippen LogP contribution in [0.3, 0.4) is 0 Å². The van der Waals surface area contributed by atoms with Crippen LogP contribution < -0.4 is 11.1 Å². The molecule has 0 unspecified atom stereocenters. The maximum atomic E-state index is 9.76. The molecule has 1 aromatic heterocycles. The fourth-order valence-electron chi connectivity index (χ4n) is 2.91. The summed E-state index contributed by atoms with van der Waals surface area (Å²) in [5.41, 5.74) is 7.30. The van der Waals surface area contributed by atoms with Crippen molar-refractivity contribution in [2.24, 2.45) is 0 Å². The Labute approximate surface area is 118 Å². The van der Waals surface area contributed by atoms with Gasteiger partial charge in [0, 0.05) is 0 Å². The quantitative estimate of drug-likeness (QED) is 0.798. The van der Waals surface area contributed by atoms with Gasteiger partial charge in [0.2, 0.25) is 0 Å². The average molecular weight is 272 g/mol. The number of aromatic nitrogens is 2. The first-order valence-corrected chi connectivity index (χ1v) is 7.14. The van der Waals surface area contributed by atoms with Crippen LogP contribution in [0.15, 0.2) is 24.3 Å². The van der Waals surface area contributed by atoms with E-state index < -0.39 is 0 Å². The summed E-state index contributed by atoms with van der Waals surface area (Å²) >= 11 is 0. The molecule has 0 saturated heterocycles. The van der Waals surface area contributed by atoms with Crippen LogP contribution in [0.25, 0.3) is 11.0 Å². The molecule has 0 aliphatic heterocycles. The Balaban J connectivity index is 1.95. The first-order chi connectivity index (χ1) is 9.72. The van der Waals surface area contributed by atoms with Gasteiger partial charge in [-0.1, -0.05) is 31.4 Å². The van der Waals surface area contributed by atoms with Gasteiger partial charge in [0.25, 0.3) is 0 Å². The molecule has 20 heavy (non-hydrogen) atoms. The Hall–Kier alpha value is -1.88. The van der Waals surface area contributed by atoms with Gasteiger partial charge in [-0.25, -0.2) is 9.97 Å². The molecule has 0 amide bonds. The van der Waals surface area contributed by atoms with E-state index in [0.717, 1.165) is 36.7 Å². The number of hydrogen-bond donors (Lipinski definition) is 3. The van der Waals surface area contributed by atoms with Gasteiger partial charge in [0.15, 0.2) is 11.6 Å². The van der Waals surface area contributed by atoms with Gasteiger partial charge in [0.1, 0.15) is 0 Å². The third kappa shape index (κ3) is 2.41. The number of rotatable bonds is 3. The number of benzene rings is 1. The second-order valence-electron chi connectivity index (χ2n) is 5.57. The van der Waals surface area contributed by atoms with Crippen molar-refractivity contribution >= 4 is 22.7 Å². The van der Waals surface area contributed by atoms with Gasteiger partial charge in [-0.15, -0.1) is 0 Å². The standard InChI is InChI=1S/C15H20N4O/c16-13-14(18-12-7-3-2-6-11(12)17-13)19-15(10-20)8-4-1-5-9-15/h2-3,6-7,20H,1,4-5,8-10H2,(H2,16,17)(H,18,19). The average Bonchev–Trinajstić information content (AvgIpc) is 2.49. The number of para-hydroxylation sites is 2. The molecular formula is C15H20N4O. The molecule has 1 aromatic carbocycles. The van der Waals surface area contributed by atoms with Crippen molar-refractivity contribution in [3.05, 3.63) is 24.3 Å². The van der Waals surface area contributed by atoms with Crippen LogP contribution in [0.5, 0.6) is 0 Å². The van der Waals surface area contributed by atoms with Gasteiger partial charge in [-0.2, -0.15) is 0 Å². The molecule has 0 bridgehead atoms. The van der Waals surface area contributed by atoms with Crippen molar-refractivity contribution in [2.75, 3.05) is 17.7 Å². The number of anilines is 2. The summed E-state index contributed by atoms with van der Waals surface area (Å²) in [6.07, 6.45) is 5.35. The van der Waals surface area contributed by atoms with Crippen molar-refractivity contribution in [3.63, 3.8) is 0 Å². The number of nitrogens with two attached hydrogens (primary N) is 1. The van der Waals surface area contributed by atoms with Crippen LogP contribution in [-0.2, 0) is 0 Å². The molecule has 3 rings (SSSR count). The minimum atomic E-state index is -0.302. The number of nitrogen functional groups attached to an aromatic ring is 1. The molecule has 1 heterocycles. The first kappa shape index (κ1) is 13.1. The molecule has 0 radical (unpaired) electrons. The molecule has 1 aliphatic rings. The number of aliphatic hydroxyl groups is 1. The summed E-state index contributed by atoms with van der Waals surface area (Å²) in [5, 5.41) is 13.1. The summed E-state index contributed by atoms with van der Waals surface area (Å²) in [4.78, 5) is 8.93. The Morgan fingerprint density at radius 3 is 2.40 bits per heavy atom. The predicted molar refractivity (Wildman–Crippen MR) is 80.5 cm³/mol. The van der Waals surface area contributed by atoms with Crippen LogP contribution in [0.1, 0.15) is 32.1 Å². The Morgan fingerprint density at radius 2 is 1.75 bits per heavy atom. The zero-order valence-corrected chi connectivity index (χ0v) is 11.5. The lowest BCUT2D eigenvalue weighted by atomic mass is 9.82. The van der Waals surface area contributed by atoms with E-state index in [1.165, 1.54) is 6.42 Å². The Kier molecular flexibility index (Phi) is 3.44. The highest BCUT2D eigenvalue weighted by Gasteiger charge is 2.32. The molecule has 4 N–H and O–H groups in total. The molecule has 5 heteroatoms. The SMILES string of the molecule is Nc1nc2ccccc2nc1NC1(CO)CCCCC1. The molecule has 106 valence electrons. The maximum absolute atomic E-state index is 9.76. The van der Waals surface area contributed by atoms with Crippen LogP contribution in [-0.4, -0.2) is 27.2 Å². The topological polar surface area (TPSA) is 84.1 Å². The summed E-state index contributed by atoms with van der Waals surface area (Å²) in [5.74, 6) is 0.974. The van der Waals surface area contributed by atoms with E-state index in [4.69, 9.17) is 5.73 Å². The fraction of sp³-hybridized carbons (Fsp3) is 0.467. The van der Waals surface area contributed by atoms with Gasteiger partial charge in [-0.05, 0) is 25.0 Å². The van der Waals surface area contributed by atoms with E-state index in [9.17, 15) is 5.11 Å². The molecule has 1 aliphatic carbocycles. The Bertz CT molecular complexity index is 608. The zero-order chi connectivity index (χ0) is 14.0. The lowest BCUT2D eigenvalue weighted by molar-refractivity contribution is 0.172. The molecule has 1 fully saturated rings. The van der Waals surface area contributed by atoms with Crippen LogP contribution in [0.2, 0.25) is 0 Å². The third-order valence-electron chi connectivity index (χ3n) is 4.09. The van der Waals surface area contributed by atoms with Gasteiger partial charge in [0.05, 0.1) is 23.2 Å². The van der Waals surface area contributed by atoms with Crippen molar-refractivity contribution in [2.45, 2.75) is 37.6 Å². The molecule has 1 saturated carbocycles. The van der Waals surface area contributed by atoms with Crippen LogP contribution in [0, 0.1) is 0 Å². The lowest BCUT2D eigenvalue weighted by Crippen LogP contribution is -2.44. The van der Waals surface area contributed by atoms with Crippen LogP contribution in [0.4, 0.5) is 11.6 Å². The largest absolute Gasteiger partial charge is 0.394 e. The highest BCUT2D eigenvalue weighted by atomic mass is 16.3. The van der Waals surface area contributed by atoms with Gasteiger partial charge < -0.3 is 16.2 Å². The summed E-state index contributed by atoms with van der Waals surface area (Å²) < 4.78 is 0. The predicted octanol–water partition coefficient (Wildman–Crippen LogP) is 2.32. The van der Waals surface area contributed by atoms with E-state index >= 15 is 0 Å². The van der Waals surface area contributed by atoms with Gasteiger partial charge >= 0.3 is 0 Å². The highest BCUT2D eigenvalue weighted by Crippen LogP contribution is 2.32. The molecule has 0 spiro atoms. The smallest absolute Gasteiger partial charge is 0.170 e. The molecular weight excluding hydrogens is 252 g/mol. The van der Waals surface area contributed by atoms with E-state index in [1.54, 1.807) is 0 Å². The number of aliphatic hydroxyl groups excluding tert-OH is 1. The Morgan fingerprint density at radius 1 is 1.10 bits per heavy atom. The minimum Gasteiger partial charge on any atom is -0.394 e. The first-order valence-electron chi connectivity index (χ1n) is 7.14. The van der Waals surface area contributed by atoms with E-state index in [1.807, 2.05) is 24.3 Å². The second-order valence-corrected chi connectivity index (χ2v) is 5.57. The number of fused-ring (bicyclic) bond motifs is 1. The van der Waals surface area contributed by atoms with Crippen molar-refractivity contribution in [1.82, 2.24) is 9.97 Å². The highest BCUT2D eigenvalue weighted by molar-refractivity contribution is 5.79. The normalized spacial score (nSPS) is 18.1. The number of nitrogens with zero attached hydrogens (tertiary/aromatic N) is 2. The number of nitrogens with one attached hydrogen (secondary N) is 1. The summed E-state index contributed by atoms with van der Waals surface area (Å²) in [6, 6.07) is 7.66. The lowest BCUT2D eigenvalue weighted by Gasteiger charge is -2.37. The maximum Gasteiger partial charge on any atom is 0.170 e. The van der Waals surface area contributed by atoms with E-state index in [0.29, 0.717) is 11.6 Å². The van der Waals surface area contributed by atoms with Crippen LogP contribution >= 0.6 is 0 Å². The van der Waals surface area contributed by atoms with Crippen molar-refractivity contribution in [1.29, 1.82) is 0 Å². The summed E-state index contributed by atoms with van der Waals surface area (Å²) in [6.45, 7) is 0.0982. The second kappa shape index (κ2) is 5.25. The summed E-state index contributed by atoms with van der Waals surface area (Å²) in [7, 11) is 0. The minimum absolute atomic E-state index is 0.0982. The molecule has 5 nitrogen and oxygen atoms in total. The monoisotopic (exact) mass is 272 g/mol. The molecule has 0 atom stereocenters. The van der Waals surface area contributed by atoms with Gasteiger partial charge in [-0.3, -0.25) is 0 Å². The zero-order valence-electron chi connectivity index (χ0n) is 11.5. The van der Waals surface area contributed by atoms with Crippen molar-refractivity contribution in [3.8, 4) is 0 Å². The third-order valence-corrected chi connectivity index (χ3v) is 4.09. The fourth-order valence-corrected chi connectivity index (χ4v) is 2.91. The van der Waals surface area contributed by atoms with Crippen molar-refractivity contribution < 1.29 is 5.11 Å². The molecule has 2 aromatic rings.